The van der Waals surface area contributed by atoms with Crippen LogP contribution in [0.25, 0.3) is 0 Å². The number of rotatable bonds is 1. The van der Waals surface area contributed by atoms with E-state index in [1.54, 1.807) is 0 Å². The van der Waals surface area contributed by atoms with Gasteiger partial charge in [0.1, 0.15) is 11.6 Å². The Labute approximate surface area is 132 Å². The molecule has 2 heterocycles. The fourth-order valence-corrected chi connectivity index (χ4v) is 3.13. The first-order valence-corrected chi connectivity index (χ1v) is 7.43. The summed E-state index contributed by atoms with van der Waals surface area (Å²) >= 11 is 0. The molecule has 0 saturated carbocycles. The van der Waals surface area contributed by atoms with E-state index in [-0.39, 0.29) is 12.0 Å². The molecular formula is C18H14FNO3. The summed E-state index contributed by atoms with van der Waals surface area (Å²) in [6.07, 6.45) is 0.0953. The zero-order valence-electron chi connectivity index (χ0n) is 12.5. The maximum absolute atomic E-state index is 13.7. The summed E-state index contributed by atoms with van der Waals surface area (Å²) in [6, 6.07) is 13.4. The molecule has 0 amide bonds. The largest absolute Gasteiger partial charge is 0.490 e. The third kappa shape index (κ3) is 2.11. The van der Waals surface area contributed by atoms with Crippen molar-refractivity contribution < 1.29 is 18.7 Å². The first-order valence-electron chi connectivity index (χ1n) is 7.43. The van der Waals surface area contributed by atoms with Crippen molar-refractivity contribution >= 4 is 11.9 Å². The lowest BCUT2D eigenvalue weighted by Gasteiger charge is -2.33. The number of carbonyl (C=O) groups is 1. The minimum Gasteiger partial charge on any atom is -0.490 e. The molecule has 2 aromatic carbocycles. The molecule has 0 saturated heterocycles. The maximum Gasteiger partial charge on any atom is 0.345 e. The van der Waals surface area contributed by atoms with Gasteiger partial charge in [-0.3, -0.25) is 0 Å². The normalized spacial score (nSPS) is 25.6. The number of hydrogen-bond donors (Lipinski definition) is 0. The molecule has 2 atom stereocenters. The average molecular weight is 311 g/mol. The smallest absolute Gasteiger partial charge is 0.345 e. The molecule has 0 unspecified atom stereocenters. The van der Waals surface area contributed by atoms with Crippen LogP contribution in [0.1, 0.15) is 24.5 Å². The number of cyclic esters (lactones) is 1. The molecule has 4 nitrogen and oxygen atoms in total. The fourth-order valence-electron chi connectivity index (χ4n) is 3.13. The van der Waals surface area contributed by atoms with Gasteiger partial charge < -0.3 is 9.47 Å². The molecule has 0 bridgehead atoms. The van der Waals surface area contributed by atoms with Gasteiger partial charge in [0.25, 0.3) is 0 Å². The van der Waals surface area contributed by atoms with Gasteiger partial charge >= 0.3 is 5.97 Å². The highest BCUT2D eigenvalue weighted by Crippen LogP contribution is 2.46. The van der Waals surface area contributed by atoms with Crippen LogP contribution in [-0.2, 0) is 15.1 Å². The zero-order chi connectivity index (χ0) is 16.0. The Morgan fingerprint density at radius 2 is 2.00 bits per heavy atom. The van der Waals surface area contributed by atoms with E-state index in [2.05, 4.69) is 4.99 Å². The van der Waals surface area contributed by atoms with E-state index < -0.39 is 17.3 Å². The van der Waals surface area contributed by atoms with E-state index in [4.69, 9.17) is 9.47 Å². The number of halogens is 1. The monoisotopic (exact) mass is 311 g/mol. The van der Waals surface area contributed by atoms with Gasteiger partial charge in [0.15, 0.2) is 5.54 Å². The Morgan fingerprint density at radius 1 is 1.22 bits per heavy atom. The number of nitrogens with zero attached hydrogens (tertiary/aromatic N) is 1. The molecule has 0 fully saturated rings. The van der Waals surface area contributed by atoms with Crippen molar-refractivity contribution in [3.8, 4) is 5.75 Å². The van der Waals surface area contributed by atoms with E-state index in [0.717, 1.165) is 5.56 Å². The third-order valence-corrected chi connectivity index (χ3v) is 4.14. The number of ether oxygens (including phenoxy) is 2. The predicted octanol–water partition coefficient (Wildman–Crippen LogP) is 3.20. The quantitative estimate of drug-likeness (QED) is 0.760. The summed E-state index contributed by atoms with van der Waals surface area (Å²) in [5.41, 5.74) is -0.0957. The summed E-state index contributed by atoms with van der Waals surface area (Å²) in [4.78, 5) is 17.2. The lowest BCUT2D eigenvalue weighted by atomic mass is 9.83. The fraction of sp³-hybridized carbons (Fsp3) is 0.222. The maximum atomic E-state index is 13.7. The molecule has 2 aliphatic rings. The SMILES string of the molecule is C[C@@H]1C[C@@]2(N=C(c3ccccc3)OC2=O)c2cc(F)ccc2O1. The summed E-state index contributed by atoms with van der Waals surface area (Å²) < 4.78 is 24.9. The van der Waals surface area contributed by atoms with Crippen LogP contribution in [0, 0.1) is 5.82 Å². The Bertz CT molecular complexity index is 818. The number of esters is 1. The molecular weight excluding hydrogens is 297 g/mol. The Morgan fingerprint density at radius 3 is 2.78 bits per heavy atom. The molecule has 0 aliphatic carbocycles. The summed E-state index contributed by atoms with van der Waals surface area (Å²) in [5, 5.41) is 0. The molecule has 1 spiro atoms. The number of benzene rings is 2. The summed E-state index contributed by atoms with van der Waals surface area (Å²) in [6.45, 7) is 1.86. The number of aliphatic imine (C=N–C) groups is 1. The van der Waals surface area contributed by atoms with Crippen molar-refractivity contribution in [3.63, 3.8) is 0 Å². The second kappa shape index (κ2) is 4.91. The van der Waals surface area contributed by atoms with Gasteiger partial charge in [-0.2, -0.15) is 0 Å². The minimum atomic E-state index is -1.24. The Balaban J connectivity index is 1.89. The topological polar surface area (TPSA) is 47.9 Å². The van der Waals surface area contributed by atoms with Crippen LogP contribution >= 0.6 is 0 Å². The van der Waals surface area contributed by atoms with Gasteiger partial charge in [0.05, 0.1) is 6.10 Å². The molecule has 4 rings (SSSR count). The first-order chi connectivity index (χ1) is 11.1. The minimum absolute atomic E-state index is 0.223. The molecule has 2 aliphatic heterocycles. The van der Waals surface area contributed by atoms with Gasteiger partial charge in [0, 0.05) is 17.5 Å². The second-order valence-electron chi connectivity index (χ2n) is 5.81. The van der Waals surface area contributed by atoms with Crippen molar-refractivity contribution in [1.29, 1.82) is 0 Å². The predicted molar refractivity (Wildman–Crippen MR) is 81.9 cm³/mol. The van der Waals surface area contributed by atoms with E-state index in [1.807, 2.05) is 37.3 Å². The van der Waals surface area contributed by atoms with Crippen molar-refractivity contribution in [2.24, 2.45) is 4.99 Å². The van der Waals surface area contributed by atoms with Crippen molar-refractivity contribution in [3.05, 3.63) is 65.5 Å². The van der Waals surface area contributed by atoms with Crippen LogP contribution in [0.5, 0.6) is 5.75 Å². The lowest BCUT2D eigenvalue weighted by molar-refractivity contribution is -0.141. The molecule has 0 aromatic heterocycles. The molecule has 0 N–H and O–H groups in total. The highest BCUT2D eigenvalue weighted by molar-refractivity contribution is 6.08. The Kier molecular flexibility index (Phi) is 2.98. The molecule has 2 aromatic rings. The van der Waals surface area contributed by atoms with Crippen LogP contribution in [0.2, 0.25) is 0 Å². The highest BCUT2D eigenvalue weighted by atomic mass is 19.1. The van der Waals surface area contributed by atoms with Gasteiger partial charge in [-0.05, 0) is 37.3 Å². The van der Waals surface area contributed by atoms with Crippen LogP contribution in [0.15, 0.2) is 53.5 Å². The lowest BCUT2D eigenvalue weighted by Crippen LogP contribution is -2.40. The van der Waals surface area contributed by atoms with E-state index in [0.29, 0.717) is 17.7 Å². The van der Waals surface area contributed by atoms with Crippen molar-refractivity contribution in [2.75, 3.05) is 0 Å². The molecule has 0 radical (unpaired) electrons. The molecule has 5 heteroatoms. The van der Waals surface area contributed by atoms with Crippen molar-refractivity contribution in [1.82, 2.24) is 0 Å². The third-order valence-electron chi connectivity index (χ3n) is 4.14. The van der Waals surface area contributed by atoms with E-state index >= 15 is 0 Å². The van der Waals surface area contributed by atoms with Crippen molar-refractivity contribution in [2.45, 2.75) is 25.0 Å². The average Bonchev–Trinajstić information content (AvgIpc) is 2.86. The van der Waals surface area contributed by atoms with Crippen LogP contribution in [0.4, 0.5) is 4.39 Å². The zero-order valence-corrected chi connectivity index (χ0v) is 12.5. The number of carbonyl (C=O) groups excluding carboxylic acids is 1. The van der Waals surface area contributed by atoms with Crippen LogP contribution in [0.3, 0.4) is 0 Å². The Hall–Kier alpha value is -2.69. The van der Waals surface area contributed by atoms with Gasteiger partial charge in [-0.15, -0.1) is 0 Å². The highest BCUT2D eigenvalue weighted by Gasteiger charge is 2.53. The van der Waals surface area contributed by atoms with E-state index in [9.17, 15) is 9.18 Å². The number of fused-ring (bicyclic) bond motifs is 2. The number of hydrogen-bond acceptors (Lipinski definition) is 4. The standard InChI is InChI=1S/C18H14FNO3/c1-11-10-18(14-9-13(19)7-8-15(14)22-11)17(21)23-16(20-18)12-5-3-2-4-6-12/h2-9,11H,10H2,1H3/t11-,18-/m1/s1. The first kappa shape index (κ1) is 13.9. The van der Waals surface area contributed by atoms with Gasteiger partial charge in [-0.25, -0.2) is 14.2 Å². The van der Waals surface area contributed by atoms with Gasteiger partial charge in [-0.1, -0.05) is 18.2 Å². The second-order valence-corrected chi connectivity index (χ2v) is 5.81. The molecule has 116 valence electrons. The molecule has 23 heavy (non-hydrogen) atoms. The summed E-state index contributed by atoms with van der Waals surface area (Å²) in [7, 11) is 0. The summed E-state index contributed by atoms with van der Waals surface area (Å²) in [5.74, 6) is -0.184. The van der Waals surface area contributed by atoms with Crippen LogP contribution < -0.4 is 4.74 Å². The van der Waals surface area contributed by atoms with Crippen LogP contribution in [-0.4, -0.2) is 18.0 Å². The van der Waals surface area contributed by atoms with Gasteiger partial charge in [0.2, 0.25) is 5.90 Å². The van der Waals surface area contributed by atoms with E-state index in [1.165, 1.54) is 18.2 Å².